The van der Waals surface area contributed by atoms with E-state index in [-0.39, 0.29) is 5.91 Å². The van der Waals surface area contributed by atoms with Crippen LogP contribution >= 0.6 is 11.3 Å². The summed E-state index contributed by atoms with van der Waals surface area (Å²) in [6.07, 6.45) is 8.31. The van der Waals surface area contributed by atoms with Crippen molar-refractivity contribution in [1.82, 2.24) is 14.8 Å². The molecule has 3 rings (SSSR count). The summed E-state index contributed by atoms with van der Waals surface area (Å²) in [5.41, 5.74) is 1.32. The molecule has 0 aliphatic carbocycles. The first-order valence-corrected chi connectivity index (χ1v) is 8.81. The Balaban J connectivity index is 1.42. The third kappa shape index (κ3) is 4.74. The van der Waals surface area contributed by atoms with E-state index in [4.69, 9.17) is 0 Å². The number of nitrogens with zero attached hydrogens (tertiary/aromatic N) is 3. The minimum absolute atomic E-state index is 0.118. The molecule has 0 N–H and O–H groups in total. The molecule has 4 nitrogen and oxygen atoms in total. The van der Waals surface area contributed by atoms with Gasteiger partial charge in [0.2, 0.25) is 5.91 Å². The molecule has 0 saturated carbocycles. The summed E-state index contributed by atoms with van der Waals surface area (Å²) in [6.45, 7) is 4.55. The Morgan fingerprint density at radius 3 is 2.65 bits per heavy atom. The number of aromatic nitrogens is 1. The van der Waals surface area contributed by atoms with E-state index < -0.39 is 0 Å². The van der Waals surface area contributed by atoms with E-state index in [0.29, 0.717) is 0 Å². The van der Waals surface area contributed by atoms with Gasteiger partial charge in [0.1, 0.15) is 0 Å². The number of pyridine rings is 1. The number of piperazine rings is 1. The average Bonchev–Trinajstić information content (AvgIpc) is 3.13. The second-order valence-electron chi connectivity index (χ2n) is 5.62. The van der Waals surface area contributed by atoms with Crippen LogP contribution in [0, 0.1) is 0 Å². The Labute approximate surface area is 141 Å². The maximum absolute atomic E-state index is 12.2. The first-order valence-electron chi connectivity index (χ1n) is 7.93. The summed E-state index contributed by atoms with van der Waals surface area (Å²) in [4.78, 5) is 21.7. The van der Waals surface area contributed by atoms with Gasteiger partial charge in [0, 0.05) is 56.1 Å². The minimum atomic E-state index is 0.118. The van der Waals surface area contributed by atoms with Gasteiger partial charge in [-0.1, -0.05) is 6.07 Å². The van der Waals surface area contributed by atoms with Crippen molar-refractivity contribution in [3.8, 4) is 0 Å². The molecule has 2 aromatic rings. The van der Waals surface area contributed by atoms with Gasteiger partial charge in [-0.05, 0) is 41.6 Å². The number of thiophene rings is 1. The van der Waals surface area contributed by atoms with Gasteiger partial charge in [0.05, 0.1) is 0 Å². The summed E-state index contributed by atoms with van der Waals surface area (Å²) in [5, 5.41) is 2.02. The lowest BCUT2D eigenvalue weighted by atomic mass is 10.2. The maximum Gasteiger partial charge on any atom is 0.246 e. The van der Waals surface area contributed by atoms with Crippen LogP contribution in [-0.2, 0) is 11.2 Å². The van der Waals surface area contributed by atoms with Gasteiger partial charge in [-0.2, -0.15) is 0 Å². The molecule has 23 heavy (non-hydrogen) atoms. The Hall–Kier alpha value is -1.98. The summed E-state index contributed by atoms with van der Waals surface area (Å²) >= 11 is 1.65. The van der Waals surface area contributed by atoms with Crippen LogP contribution in [0.2, 0.25) is 0 Å². The van der Waals surface area contributed by atoms with Crippen molar-refractivity contribution in [2.75, 3.05) is 32.7 Å². The van der Waals surface area contributed by atoms with Gasteiger partial charge in [0.25, 0.3) is 0 Å². The quantitative estimate of drug-likeness (QED) is 0.792. The molecular weight excluding hydrogens is 306 g/mol. The molecule has 1 aliphatic heterocycles. The monoisotopic (exact) mass is 327 g/mol. The number of hydrogen-bond donors (Lipinski definition) is 0. The number of amides is 1. The highest BCUT2D eigenvalue weighted by Crippen LogP contribution is 2.11. The second kappa shape index (κ2) is 8.04. The van der Waals surface area contributed by atoms with Crippen LogP contribution in [0.25, 0.3) is 6.08 Å². The lowest BCUT2D eigenvalue weighted by Crippen LogP contribution is -2.48. The van der Waals surface area contributed by atoms with Gasteiger partial charge < -0.3 is 4.90 Å². The zero-order chi connectivity index (χ0) is 15.9. The van der Waals surface area contributed by atoms with Gasteiger partial charge in [0.15, 0.2) is 0 Å². The van der Waals surface area contributed by atoms with Crippen molar-refractivity contribution in [2.45, 2.75) is 6.42 Å². The zero-order valence-corrected chi connectivity index (χ0v) is 13.9. The summed E-state index contributed by atoms with van der Waals surface area (Å²) in [7, 11) is 0. The maximum atomic E-state index is 12.2. The molecule has 2 aromatic heterocycles. The molecule has 5 heteroatoms. The van der Waals surface area contributed by atoms with Crippen molar-refractivity contribution in [3.63, 3.8) is 0 Å². The van der Waals surface area contributed by atoms with E-state index >= 15 is 0 Å². The predicted octanol–water partition coefficient (Wildman–Crippen LogP) is 2.54. The van der Waals surface area contributed by atoms with Crippen molar-refractivity contribution in [2.24, 2.45) is 0 Å². The molecule has 1 amide bonds. The molecule has 1 aliphatic rings. The Morgan fingerprint density at radius 1 is 1.17 bits per heavy atom. The Morgan fingerprint density at radius 2 is 1.96 bits per heavy atom. The molecule has 0 bridgehead atoms. The Kier molecular flexibility index (Phi) is 5.56. The first kappa shape index (κ1) is 15.9. The molecular formula is C18H21N3OS. The van der Waals surface area contributed by atoms with Crippen molar-refractivity contribution in [3.05, 3.63) is 58.6 Å². The number of carbonyl (C=O) groups is 1. The first-order chi connectivity index (χ1) is 11.3. The second-order valence-corrected chi connectivity index (χ2v) is 6.60. The fraction of sp³-hybridized carbons (Fsp3) is 0.333. The van der Waals surface area contributed by atoms with Crippen LogP contribution in [0.5, 0.6) is 0 Å². The van der Waals surface area contributed by atoms with Gasteiger partial charge in [-0.3, -0.25) is 14.7 Å². The molecule has 120 valence electrons. The Bertz CT molecular complexity index is 632. The molecule has 1 saturated heterocycles. The number of hydrogen-bond acceptors (Lipinski definition) is 4. The fourth-order valence-corrected chi connectivity index (χ4v) is 3.29. The predicted molar refractivity (Wildman–Crippen MR) is 94.3 cm³/mol. The smallest absolute Gasteiger partial charge is 0.246 e. The van der Waals surface area contributed by atoms with Crippen molar-refractivity contribution >= 4 is 23.3 Å². The van der Waals surface area contributed by atoms with E-state index in [1.165, 1.54) is 5.56 Å². The zero-order valence-electron chi connectivity index (χ0n) is 13.1. The summed E-state index contributed by atoms with van der Waals surface area (Å²) < 4.78 is 0. The summed E-state index contributed by atoms with van der Waals surface area (Å²) in [6, 6.07) is 8.15. The van der Waals surface area contributed by atoms with Gasteiger partial charge >= 0.3 is 0 Å². The van der Waals surface area contributed by atoms with Gasteiger partial charge in [-0.25, -0.2) is 0 Å². The van der Waals surface area contributed by atoms with E-state index in [9.17, 15) is 4.79 Å². The van der Waals surface area contributed by atoms with E-state index in [1.54, 1.807) is 17.4 Å². The minimum Gasteiger partial charge on any atom is -0.337 e. The molecule has 0 atom stereocenters. The SMILES string of the molecule is O=C(/C=C\c1cccs1)N1CCN(CCc2ccncc2)CC1. The molecule has 0 unspecified atom stereocenters. The highest BCUT2D eigenvalue weighted by Gasteiger charge is 2.19. The van der Waals surface area contributed by atoms with Crippen LogP contribution < -0.4 is 0 Å². The topological polar surface area (TPSA) is 36.4 Å². The largest absolute Gasteiger partial charge is 0.337 e. The molecule has 1 fully saturated rings. The lowest BCUT2D eigenvalue weighted by Gasteiger charge is -2.34. The lowest BCUT2D eigenvalue weighted by molar-refractivity contribution is -0.127. The highest BCUT2D eigenvalue weighted by molar-refractivity contribution is 7.10. The van der Waals surface area contributed by atoms with E-state index in [1.807, 2.05) is 40.9 Å². The molecule has 3 heterocycles. The van der Waals surface area contributed by atoms with Crippen LogP contribution in [0.1, 0.15) is 10.4 Å². The van der Waals surface area contributed by atoms with Crippen LogP contribution in [0.3, 0.4) is 0 Å². The van der Waals surface area contributed by atoms with Gasteiger partial charge in [-0.15, -0.1) is 11.3 Å². The average molecular weight is 327 g/mol. The third-order valence-electron chi connectivity index (χ3n) is 4.08. The molecule has 0 aromatic carbocycles. The van der Waals surface area contributed by atoms with Crippen LogP contribution in [0.4, 0.5) is 0 Å². The molecule has 0 radical (unpaired) electrons. The fourth-order valence-electron chi connectivity index (χ4n) is 2.67. The van der Waals surface area contributed by atoms with Crippen LogP contribution in [0.15, 0.2) is 48.1 Å². The van der Waals surface area contributed by atoms with Crippen molar-refractivity contribution in [1.29, 1.82) is 0 Å². The number of rotatable bonds is 5. The number of carbonyl (C=O) groups excluding carboxylic acids is 1. The van der Waals surface area contributed by atoms with Crippen molar-refractivity contribution < 1.29 is 4.79 Å². The molecule has 0 spiro atoms. The normalized spacial score (nSPS) is 16.1. The summed E-state index contributed by atoms with van der Waals surface area (Å²) in [5.74, 6) is 0.118. The highest BCUT2D eigenvalue weighted by atomic mass is 32.1. The standard InChI is InChI=1S/C18H21N3OS/c22-18(4-3-17-2-1-15-23-17)21-13-11-20(12-14-21)10-7-16-5-8-19-9-6-16/h1-6,8-9,15H,7,10-14H2/b4-3-. The third-order valence-corrected chi connectivity index (χ3v) is 4.92. The van der Waals surface area contributed by atoms with E-state index in [2.05, 4.69) is 22.0 Å². The van der Waals surface area contributed by atoms with E-state index in [0.717, 1.165) is 44.0 Å². The van der Waals surface area contributed by atoms with Crippen LogP contribution in [-0.4, -0.2) is 53.4 Å².